The molecule has 7 rings (SSSR count). The number of nitrogens with one attached hydrogen (secondary N) is 1. The average molecular weight is 478 g/mol. The molecule has 0 spiro atoms. The second kappa shape index (κ2) is 8.81. The summed E-state index contributed by atoms with van der Waals surface area (Å²) in [5.41, 5.74) is 7.29. The maximum atomic E-state index is 5.25. The van der Waals surface area contributed by atoms with Crippen LogP contribution in [0.25, 0.3) is 56.3 Å². The van der Waals surface area contributed by atoms with Crippen molar-refractivity contribution in [3.63, 3.8) is 0 Å². The van der Waals surface area contributed by atoms with Gasteiger partial charge in [-0.3, -0.25) is 9.13 Å². The Labute approximate surface area is 214 Å². The number of fused-ring (bicyclic) bond motifs is 1. The van der Waals surface area contributed by atoms with Crippen LogP contribution in [-0.4, -0.2) is 24.1 Å². The lowest BCUT2D eigenvalue weighted by Crippen LogP contribution is -2.03. The molecule has 3 heterocycles. The highest BCUT2D eigenvalue weighted by atomic mass is 15.2. The van der Waals surface area contributed by atoms with Gasteiger partial charge in [0.15, 0.2) is 0 Å². The normalized spacial score (nSPS) is 11.2. The van der Waals surface area contributed by atoms with Crippen molar-refractivity contribution in [2.24, 2.45) is 0 Å². The summed E-state index contributed by atoms with van der Waals surface area (Å²) in [6.45, 7) is 0. The number of para-hydroxylation sites is 2. The van der Waals surface area contributed by atoms with Crippen LogP contribution in [-0.2, 0) is 0 Å². The molecule has 0 radical (unpaired) electrons. The molecule has 0 atom stereocenters. The molecule has 7 aromatic rings. The van der Waals surface area contributed by atoms with Crippen LogP contribution in [0.1, 0.15) is 0 Å². The van der Waals surface area contributed by atoms with Crippen molar-refractivity contribution in [2.45, 2.75) is 0 Å². The number of benzene rings is 4. The minimum Gasteiger partial charge on any atom is -0.337 e. The Bertz CT molecular complexity index is 1740. The van der Waals surface area contributed by atoms with Crippen molar-refractivity contribution in [3.8, 4) is 45.4 Å². The maximum Gasteiger partial charge on any atom is 0.142 e. The molecule has 4 aromatic carbocycles. The molecule has 0 saturated heterocycles. The van der Waals surface area contributed by atoms with Gasteiger partial charge in [0.25, 0.3) is 0 Å². The van der Waals surface area contributed by atoms with Crippen LogP contribution >= 0.6 is 0 Å². The fourth-order valence-corrected chi connectivity index (χ4v) is 5.04. The predicted molar refractivity (Wildman–Crippen MR) is 149 cm³/mol. The summed E-state index contributed by atoms with van der Waals surface area (Å²) >= 11 is 0. The van der Waals surface area contributed by atoms with E-state index in [-0.39, 0.29) is 0 Å². The number of hydrogen-bond acceptors (Lipinski definition) is 2. The summed E-state index contributed by atoms with van der Waals surface area (Å²) < 4.78 is 4.34. The first-order valence-electron chi connectivity index (χ1n) is 12.3. The largest absolute Gasteiger partial charge is 0.337 e. The zero-order valence-corrected chi connectivity index (χ0v) is 20.0. The van der Waals surface area contributed by atoms with E-state index in [2.05, 4.69) is 116 Å². The summed E-state index contributed by atoms with van der Waals surface area (Å²) in [6.07, 6.45) is 5.64. The third-order valence-electron chi connectivity index (χ3n) is 6.66. The number of aromatic nitrogens is 5. The molecule has 0 bridgehead atoms. The van der Waals surface area contributed by atoms with Crippen molar-refractivity contribution in [1.29, 1.82) is 0 Å². The zero-order chi connectivity index (χ0) is 24.6. The topological polar surface area (TPSA) is 51.4 Å². The molecular weight excluding hydrogens is 454 g/mol. The van der Waals surface area contributed by atoms with Crippen LogP contribution in [0, 0.1) is 0 Å². The van der Waals surface area contributed by atoms with Gasteiger partial charge in [-0.25, -0.2) is 9.97 Å². The molecule has 37 heavy (non-hydrogen) atoms. The molecule has 5 nitrogen and oxygen atoms in total. The van der Waals surface area contributed by atoms with Crippen LogP contribution in [0.4, 0.5) is 0 Å². The third-order valence-corrected chi connectivity index (χ3v) is 6.66. The molecule has 0 unspecified atom stereocenters. The van der Waals surface area contributed by atoms with Gasteiger partial charge in [-0.1, -0.05) is 97.1 Å². The Kier molecular flexibility index (Phi) is 5.03. The number of H-pyrrole nitrogens is 1. The summed E-state index contributed by atoms with van der Waals surface area (Å²) in [7, 11) is 0. The standard InChI is InChI=1S/C32H23N5/c1-4-12-23(13-5-1)29-30(24-14-6-2-7-15-24)35-31(34-29)28-26-18-10-11-19-27(26)37(25-16-8-3-9-17-25)32(28)36-21-20-33-22-36/h1-22H,(H,34,35). The molecule has 3 aromatic heterocycles. The Balaban J connectivity index is 1.58. The van der Waals surface area contributed by atoms with E-state index in [1.807, 2.05) is 36.9 Å². The molecule has 0 saturated carbocycles. The van der Waals surface area contributed by atoms with Gasteiger partial charge >= 0.3 is 0 Å². The Morgan fingerprint density at radius 2 is 1.30 bits per heavy atom. The van der Waals surface area contributed by atoms with Gasteiger partial charge in [0.1, 0.15) is 18.0 Å². The van der Waals surface area contributed by atoms with Crippen LogP contribution < -0.4 is 0 Å². The van der Waals surface area contributed by atoms with E-state index < -0.39 is 0 Å². The smallest absolute Gasteiger partial charge is 0.142 e. The molecule has 0 fully saturated rings. The summed E-state index contributed by atoms with van der Waals surface area (Å²) in [6, 6.07) is 39.7. The molecule has 0 amide bonds. The fraction of sp³-hybridized carbons (Fsp3) is 0. The van der Waals surface area contributed by atoms with Crippen molar-refractivity contribution in [1.82, 2.24) is 24.1 Å². The molecule has 1 N–H and O–H groups in total. The van der Waals surface area contributed by atoms with E-state index in [1.165, 1.54) is 0 Å². The highest BCUT2D eigenvalue weighted by molar-refractivity contribution is 6.01. The number of aromatic amines is 1. The molecular formula is C32H23N5. The zero-order valence-electron chi connectivity index (χ0n) is 20.0. The highest BCUT2D eigenvalue weighted by Crippen LogP contribution is 2.41. The lowest BCUT2D eigenvalue weighted by molar-refractivity contribution is 0.943. The van der Waals surface area contributed by atoms with Gasteiger partial charge in [0.05, 0.1) is 22.5 Å². The van der Waals surface area contributed by atoms with Crippen molar-refractivity contribution < 1.29 is 0 Å². The first kappa shape index (κ1) is 21.1. The van der Waals surface area contributed by atoms with Gasteiger partial charge in [-0.05, 0) is 18.2 Å². The van der Waals surface area contributed by atoms with Gasteiger partial charge in [-0.2, -0.15) is 0 Å². The average Bonchev–Trinajstić information content (AvgIpc) is 3.72. The quantitative estimate of drug-likeness (QED) is 0.278. The Hall–Kier alpha value is -5.16. The number of nitrogens with zero attached hydrogens (tertiary/aromatic N) is 4. The molecule has 176 valence electrons. The number of imidazole rings is 2. The van der Waals surface area contributed by atoms with Gasteiger partial charge in [0.2, 0.25) is 0 Å². The van der Waals surface area contributed by atoms with E-state index in [9.17, 15) is 0 Å². The van der Waals surface area contributed by atoms with E-state index in [4.69, 9.17) is 4.98 Å². The second-order valence-corrected chi connectivity index (χ2v) is 8.90. The molecule has 0 aliphatic heterocycles. The lowest BCUT2D eigenvalue weighted by Gasteiger charge is -2.12. The monoisotopic (exact) mass is 477 g/mol. The van der Waals surface area contributed by atoms with Crippen LogP contribution in [0.15, 0.2) is 134 Å². The summed E-state index contributed by atoms with van der Waals surface area (Å²) in [5.74, 6) is 1.80. The van der Waals surface area contributed by atoms with Gasteiger partial charge < -0.3 is 4.98 Å². The summed E-state index contributed by atoms with van der Waals surface area (Å²) in [5, 5.41) is 1.11. The lowest BCUT2D eigenvalue weighted by atomic mass is 10.1. The first-order chi connectivity index (χ1) is 18.4. The van der Waals surface area contributed by atoms with E-state index >= 15 is 0 Å². The van der Waals surface area contributed by atoms with Crippen molar-refractivity contribution >= 4 is 10.9 Å². The maximum absolute atomic E-state index is 5.25. The van der Waals surface area contributed by atoms with E-state index in [0.717, 1.165) is 56.3 Å². The fourth-order valence-electron chi connectivity index (χ4n) is 5.04. The SMILES string of the molecule is c1ccc(-c2nc(-c3c(-n4ccnc4)n(-c4ccccc4)c4ccccc34)[nH]c2-c2ccccc2)cc1. The van der Waals surface area contributed by atoms with Crippen LogP contribution in [0.2, 0.25) is 0 Å². The minimum atomic E-state index is 0.812. The van der Waals surface area contributed by atoms with Crippen molar-refractivity contribution in [2.75, 3.05) is 0 Å². The Morgan fingerprint density at radius 3 is 2.00 bits per heavy atom. The number of hydrogen-bond donors (Lipinski definition) is 1. The van der Waals surface area contributed by atoms with Gasteiger partial charge in [0, 0.05) is 34.6 Å². The molecule has 5 heteroatoms. The van der Waals surface area contributed by atoms with Crippen LogP contribution in [0.5, 0.6) is 0 Å². The molecule has 0 aliphatic rings. The predicted octanol–water partition coefficient (Wildman–Crippen LogP) is 7.54. The van der Waals surface area contributed by atoms with E-state index in [0.29, 0.717) is 0 Å². The molecule has 0 aliphatic carbocycles. The van der Waals surface area contributed by atoms with Crippen LogP contribution in [0.3, 0.4) is 0 Å². The van der Waals surface area contributed by atoms with Crippen molar-refractivity contribution in [3.05, 3.63) is 134 Å². The first-order valence-corrected chi connectivity index (χ1v) is 12.3. The second-order valence-electron chi connectivity index (χ2n) is 8.90. The Morgan fingerprint density at radius 1 is 0.649 bits per heavy atom. The third kappa shape index (κ3) is 3.56. The van der Waals surface area contributed by atoms with E-state index in [1.54, 1.807) is 0 Å². The number of rotatable bonds is 5. The highest BCUT2D eigenvalue weighted by Gasteiger charge is 2.25. The minimum absolute atomic E-state index is 0.812. The summed E-state index contributed by atoms with van der Waals surface area (Å²) in [4.78, 5) is 13.3. The van der Waals surface area contributed by atoms with Gasteiger partial charge in [-0.15, -0.1) is 0 Å².